The third-order valence-corrected chi connectivity index (χ3v) is 11.1. The van der Waals surface area contributed by atoms with Gasteiger partial charge in [0.25, 0.3) is 0 Å². The fourth-order valence-electron chi connectivity index (χ4n) is 8.33. The first kappa shape index (κ1) is 32.8. The molecule has 0 bridgehead atoms. The summed E-state index contributed by atoms with van der Waals surface area (Å²) in [5.41, 5.74) is 16.0. The summed E-state index contributed by atoms with van der Waals surface area (Å²) < 4.78 is 12.7. The average molecular weight is 730 g/mol. The molecule has 0 fully saturated rings. The summed E-state index contributed by atoms with van der Waals surface area (Å²) in [6.07, 6.45) is 0. The first-order valence-electron chi connectivity index (χ1n) is 19.3. The van der Waals surface area contributed by atoms with Crippen LogP contribution in [0.5, 0.6) is 0 Å². The van der Waals surface area contributed by atoms with Crippen LogP contribution in [0.3, 0.4) is 0 Å². The van der Waals surface area contributed by atoms with E-state index in [9.17, 15) is 0 Å². The van der Waals surface area contributed by atoms with E-state index >= 15 is 0 Å². The van der Waals surface area contributed by atoms with Crippen LogP contribution in [-0.4, -0.2) is 0 Å². The highest BCUT2D eigenvalue weighted by Gasteiger charge is 2.17. The lowest BCUT2D eigenvalue weighted by Crippen LogP contribution is -2.10. The highest BCUT2D eigenvalue weighted by atomic mass is 16.3. The van der Waals surface area contributed by atoms with Gasteiger partial charge in [0.2, 0.25) is 0 Å². The van der Waals surface area contributed by atoms with Crippen molar-refractivity contribution in [3.8, 4) is 44.5 Å². The zero-order chi connectivity index (χ0) is 37.7. The van der Waals surface area contributed by atoms with Crippen LogP contribution in [0.1, 0.15) is 0 Å². The molecule has 0 amide bonds. The lowest BCUT2D eigenvalue weighted by atomic mass is 9.98. The molecule has 0 spiro atoms. The van der Waals surface area contributed by atoms with Crippen LogP contribution in [0, 0.1) is 0 Å². The molecule has 0 aliphatic rings. The molecule has 0 radical (unpaired) electrons. The Labute approximate surface area is 330 Å². The zero-order valence-electron chi connectivity index (χ0n) is 31.0. The minimum Gasteiger partial charge on any atom is -0.456 e. The Balaban J connectivity index is 0.988. The van der Waals surface area contributed by atoms with Crippen LogP contribution in [0.2, 0.25) is 0 Å². The van der Waals surface area contributed by atoms with E-state index in [1.54, 1.807) is 0 Å². The maximum Gasteiger partial charge on any atom is 0.143 e. The third kappa shape index (κ3) is 5.76. The molecule has 2 aromatic heterocycles. The molecule has 2 heterocycles. The third-order valence-electron chi connectivity index (χ3n) is 11.1. The first-order valence-corrected chi connectivity index (χ1v) is 19.3. The number of benzene rings is 9. The largest absolute Gasteiger partial charge is 0.456 e. The van der Waals surface area contributed by atoms with Gasteiger partial charge >= 0.3 is 0 Å². The summed E-state index contributed by atoms with van der Waals surface area (Å²) in [4.78, 5) is 2.34. The molecule has 0 N–H and O–H groups in total. The van der Waals surface area contributed by atoms with Gasteiger partial charge in [0.1, 0.15) is 22.3 Å². The summed E-state index contributed by atoms with van der Waals surface area (Å²) in [5, 5.41) is 4.50. The SMILES string of the molecule is c1ccc(-c2cccc(N(c3ccc(-c4ccc5oc6c(-c7ccccc7)cccc6c5c4)cc3)c3ccc(-c4cccc5oc6ccccc6c45)cc3)c2)cc1. The van der Waals surface area contributed by atoms with Gasteiger partial charge in [-0.2, -0.15) is 0 Å². The lowest BCUT2D eigenvalue weighted by molar-refractivity contribution is 0.669. The number of hydrogen-bond donors (Lipinski definition) is 0. The van der Waals surface area contributed by atoms with Crippen molar-refractivity contribution in [3.05, 3.63) is 212 Å². The van der Waals surface area contributed by atoms with E-state index < -0.39 is 0 Å². The molecular weight excluding hydrogens is 695 g/mol. The van der Waals surface area contributed by atoms with Crippen molar-refractivity contribution < 1.29 is 8.83 Å². The van der Waals surface area contributed by atoms with Crippen molar-refractivity contribution in [2.75, 3.05) is 4.90 Å². The Morgan fingerprint density at radius 2 is 0.807 bits per heavy atom. The fourth-order valence-corrected chi connectivity index (χ4v) is 8.33. The monoisotopic (exact) mass is 729 g/mol. The van der Waals surface area contributed by atoms with Gasteiger partial charge in [-0.25, -0.2) is 0 Å². The molecule has 11 rings (SSSR count). The number of rotatable bonds is 7. The predicted molar refractivity (Wildman–Crippen MR) is 237 cm³/mol. The molecule has 0 saturated carbocycles. The lowest BCUT2D eigenvalue weighted by Gasteiger charge is -2.26. The van der Waals surface area contributed by atoms with E-state index in [0.717, 1.165) is 94.3 Å². The molecule has 0 atom stereocenters. The molecule has 0 aliphatic carbocycles. The topological polar surface area (TPSA) is 29.5 Å². The van der Waals surface area contributed by atoms with Crippen molar-refractivity contribution in [1.29, 1.82) is 0 Å². The van der Waals surface area contributed by atoms with Gasteiger partial charge in [0, 0.05) is 44.2 Å². The Hall–Kier alpha value is -7.62. The smallest absolute Gasteiger partial charge is 0.143 e. The van der Waals surface area contributed by atoms with E-state index in [1.165, 1.54) is 11.1 Å². The molecule has 11 aromatic rings. The van der Waals surface area contributed by atoms with Gasteiger partial charge in [-0.3, -0.25) is 0 Å². The predicted octanol–water partition coefficient (Wildman–Crippen LogP) is 15.6. The number of para-hydroxylation sites is 2. The Kier molecular flexibility index (Phi) is 7.82. The summed E-state index contributed by atoms with van der Waals surface area (Å²) >= 11 is 0. The van der Waals surface area contributed by atoms with E-state index in [0.29, 0.717) is 0 Å². The van der Waals surface area contributed by atoms with Gasteiger partial charge in [-0.15, -0.1) is 0 Å². The second-order valence-corrected chi connectivity index (χ2v) is 14.5. The number of nitrogens with zero attached hydrogens (tertiary/aromatic N) is 1. The summed E-state index contributed by atoms with van der Waals surface area (Å²) in [7, 11) is 0. The van der Waals surface area contributed by atoms with E-state index in [-0.39, 0.29) is 0 Å². The van der Waals surface area contributed by atoms with E-state index in [1.807, 2.05) is 18.2 Å². The Bertz CT molecular complexity index is 3210. The summed E-state index contributed by atoms with van der Waals surface area (Å²) in [6.45, 7) is 0. The van der Waals surface area contributed by atoms with Crippen LogP contribution < -0.4 is 4.90 Å². The number of furan rings is 2. The molecule has 57 heavy (non-hydrogen) atoms. The second kappa shape index (κ2) is 13.6. The molecule has 3 nitrogen and oxygen atoms in total. The number of fused-ring (bicyclic) bond motifs is 6. The van der Waals surface area contributed by atoms with Gasteiger partial charge in [-0.05, 0) is 99.6 Å². The van der Waals surface area contributed by atoms with Gasteiger partial charge in [-0.1, -0.05) is 152 Å². The first-order chi connectivity index (χ1) is 28.2. The van der Waals surface area contributed by atoms with Gasteiger partial charge in [0.05, 0.1) is 0 Å². The standard InChI is InChI=1S/C54H35NO2/c1-3-12-36(13-4-1)40-16-9-17-44(34-40)55(43-31-26-39(27-32-43)45-19-11-23-52-53(45)48-18-7-8-22-50(48)56-52)42-29-24-37(25-30-42)41-28-33-51-49(35-41)47-21-10-20-46(54(47)57-51)38-14-5-2-6-15-38/h1-35H. The molecule has 268 valence electrons. The number of anilines is 3. The van der Waals surface area contributed by atoms with Crippen molar-refractivity contribution in [2.24, 2.45) is 0 Å². The van der Waals surface area contributed by atoms with Crippen molar-refractivity contribution in [3.63, 3.8) is 0 Å². The molecular formula is C54H35NO2. The van der Waals surface area contributed by atoms with E-state index in [2.05, 4.69) is 199 Å². The summed E-state index contributed by atoms with van der Waals surface area (Å²) in [5.74, 6) is 0. The van der Waals surface area contributed by atoms with Crippen molar-refractivity contribution >= 4 is 60.9 Å². The van der Waals surface area contributed by atoms with E-state index in [4.69, 9.17) is 8.83 Å². The summed E-state index contributed by atoms with van der Waals surface area (Å²) in [6, 6.07) is 75.1. The minimum atomic E-state index is 0.888. The Morgan fingerprint density at radius 3 is 1.60 bits per heavy atom. The maximum atomic E-state index is 6.48. The normalized spacial score (nSPS) is 11.5. The van der Waals surface area contributed by atoms with Crippen molar-refractivity contribution in [2.45, 2.75) is 0 Å². The highest BCUT2D eigenvalue weighted by molar-refractivity contribution is 6.13. The fraction of sp³-hybridized carbons (Fsp3) is 0. The van der Waals surface area contributed by atoms with Crippen LogP contribution in [0.25, 0.3) is 88.4 Å². The number of hydrogen-bond acceptors (Lipinski definition) is 3. The van der Waals surface area contributed by atoms with Crippen LogP contribution in [-0.2, 0) is 0 Å². The van der Waals surface area contributed by atoms with Gasteiger partial charge in [0.15, 0.2) is 0 Å². The quantitative estimate of drug-likeness (QED) is 0.164. The van der Waals surface area contributed by atoms with Crippen LogP contribution in [0.4, 0.5) is 17.1 Å². The molecule has 9 aromatic carbocycles. The molecule has 0 aliphatic heterocycles. The Morgan fingerprint density at radius 1 is 0.281 bits per heavy atom. The molecule has 3 heteroatoms. The van der Waals surface area contributed by atoms with Gasteiger partial charge < -0.3 is 13.7 Å². The van der Waals surface area contributed by atoms with Crippen LogP contribution in [0.15, 0.2) is 221 Å². The highest BCUT2D eigenvalue weighted by Crippen LogP contribution is 2.42. The molecule has 0 unspecified atom stereocenters. The van der Waals surface area contributed by atoms with Crippen LogP contribution >= 0.6 is 0 Å². The zero-order valence-corrected chi connectivity index (χ0v) is 31.0. The maximum absolute atomic E-state index is 6.48. The minimum absolute atomic E-state index is 0.888. The second-order valence-electron chi connectivity index (χ2n) is 14.5. The molecule has 0 saturated heterocycles. The van der Waals surface area contributed by atoms with Crippen molar-refractivity contribution in [1.82, 2.24) is 0 Å². The average Bonchev–Trinajstić information content (AvgIpc) is 3.86.